The molecule has 0 atom stereocenters. The highest BCUT2D eigenvalue weighted by Crippen LogP contribution is 2.20. The zero-order chi connectivity index (χ0) is 16.5. The average Bonchev–Trinajstić information content (AvgIpc) is 2.48. The normalized spacial score (nSPS) is 10.4. The van der Waals surface area contributed by atoms with Gasteiger partial charge in [0.2, 0.25) is 0 Å². The van der Waals surface area contributed by atoms with Gasteiger partial charge in [-0.2, -0.15) is 0 Å². The lowest BCUT2D eigenvalue weighted by Gasteiger charge is -2.18. The number of hydrogen-bond donors (Lipinski definition) is 1. The van der Waals surface area contributed by atoms with E-state index in [2.05, 4.69) is 13.8 Å². The van der Waals surface area contributed by atoms with Crippen molar-refractivity contribution >= 4 is 11.9 Å². The summed E-state index contributed by atoms with van der Waals surface area (Å²) in [7, 11) is 0. The minimum atomic E-state index is -1.04. The SMILES string of the molecule is CCN(CC(=O)O)C(=O)COc1cccc(OCC(C)C)c1. The molecule has 1 rings (SSSR count). The summed E-state index contributed by atoms with van der Waals surface area (Å²) in [6.07, 6.45) is 0. The molecule has 1 amide bonds. The van der Waals surface area contributed by atoms with Gasteiger partial charge in [-0.15, -0.1) is 0 Å². The molecule has 1 aromatic carbocycles. The van der Waals surface area contributed by atoms with E-state index >= 15 is 0 Å². The topological polar surface area (TPSA) is 76.1 Å². The van der Waals surface area contributed by atoms with Crippen LogP contribution in [0.3, 0.4) is 0 Å². The molecule has 0 heterocycles. The number of carbonyl (C=O) groups excluding carboxylic acids is 1. The van der Waals surface area contributed by atoms with E-state index in [-0.39, 0.29) is 19.1 Å². The van der Waals surface area contributed by atoms with Crippen molar-refractivity contribution in [1.29, 1.82) is 0 Å². The summed E-state index contributed by atoms with van der Waals surface area (Å²) in [5.41, 5.74) is 0. The maximum atomic E-state index is 11.9. The summed E-state index contributed by atoms with van der Waals surface area (Å²) in [5.74, 6) is 0.204. The van der Waals surface area contributed by atoms with Gasteiger partial charge < -0.3 is 19.5 Å². The Labute approximate surface area is 130 Å². The Bertz CT molecular complexity index is 501. The first kappa shape index (κ1) is 17.8. The maximum Gasteiger partial charge on any atom is 0.323 e. The lowest BCUT2D eigenvalue weighted by molar-refractivity contribution is -0.145. The molecule has 0 spiro atoms. The number of nitrogens with zero attached hydrogens (tertiary/aromatic N) is 1. The molecule has 0 aliphatic rings. The van der Waals surface area contributed by atoms with Crippen LogP contribution < -0.4 is 9.47 Å². The van der Waals surface area contributed by atoms with Crippen molar-refractivity contribution in [2.45, 2.75) is 20.8 Å². The monoisotopic (exact) mass is 309 g/mol. The molecule has 0 aliphatic heterocycles. The van der Waals surface area contributed by atoms with E-state index in [1.807, 2.05) is 6.07 Å². The number of ether oxygens (including phenoxy) is 2. The van der Waals surface area contributed by atoms with E-state index in [1.165, 1.54) is 4.90 Å². The fourth-order valence-corrected chi connectivity index (χ4v) is 1.69. The molecule has 0 unspecified atom stereocenters. The number of hydrogen-bond acceptors (Lipinski definition) is 4. The molecule has 0 saturated carbocycles. The van der Waals surface area contributed by atoms with Crippen LogP contribution in [0, 0.1) is 5.92 Å². The lowest BCUT2D eigenvalue weighted by Crippen LogP contribution is -2.38. The predicted octanol–water partition coefficient (Wildman–Crippen LogP) is 2.03. The molecular weight excluding hydrogens is 286 g/mol. The molecule has 0 aliphatic carbocycles. The minimum absolute atomic E-state index is 0.200. The summed E-state index contributed by atoms with van der Waals surface area (Å²) in [6, 6.07) is 7.04. The molecule has 122 valence electrons. The largest absolute Gasteiger partial charge is 0.493 e. The molecule has 0 bridgehead atoms. The van der Waals surface area contributed by atoms with Crippen molar-refractivity contribution < 1.29 is 24.2 Å². The standard InChI is InChI=1S/C16H23NO5/c1-4-17(9-16(19)20)15(18)11-22-14-7-5-6-13(8-14)21-10-12(2)3/h5-8,12H,4,9-11H2,1-3H3,(H,19,20). The summed E-state index contributed by atoms with van der Waals surface area (Å²) in [6.45, 7) is 6.24. The van der Waals surface area contributed by atoms with Gasteiger partial charge in [0, 0.05) is 12.6 Å². The second kappa shape index (κ2) is 8.92. The second-order valence-electron chi connectivity index (χ2n) is 5.27. The van der Waals surface area contributed by atoms with Gasteiger partial charge in [-0.25, -0.2) is 0 Å². The first-order valence-electron chi connectivity index (χ1n) is 7.27. The van der Waals surface area contributed by atoms with Crippen LogP contribution in [-0.4, -0.2) is 48.2 Å². The zero-order valence-electron chi connectivity index (χ0n) is 13.2. The van der Waals surface area contributed by atoms with Crippen LogP contribution >= 0.6 is 0 Å². The third kappa shape index (κ3) is 6.47. The van der Waals surface area contributed by atoms with Gasteiger partial charge in [-0.3, -0.25) is 9.59 Å². The summed E-state index contributed by atoms with van der Waals surface area (Å²) in [5, 5.41) is 8.74. The number of rotatable bonds is 9. The van der Waals surface area contributed by atoms with Crippen molar-refractivity contribution in [3.05, 3.63) is 24.3 Å². The van der Waals surface area contributed by atoms with Crippen LogP contribution in [0.2, 0.25) is 0 Å². The number of carboxylic acids is 1. The van der Waals surface area contributed by atoms with Gasteiger partial charge >= 0.3 is 5.97 Å². The Morgan fingerprint density at radius 1 is 1.23 bits per heavy atom. The molecule has 6 nitrogen and oxygen atoms in total. The Kier molecular flexibility index (Phi) is 7.22. The van der Waals surface area contributed by atoms with Crippen molar-refractivity contribution in [3.63, 3.8) is 0 Å². The third-order valence-corrected chi connectivity index (χ3v) is 2.81. The number of carboxylic acid groups (broad SMARTS) is 1. The fraction of sp³-hybridized carbons (Fsp3) is 0.500. The van der Waals surface area contributed by atoms with Crippen molar-refractivity contribution in [2.75, 3.05) is 26.3 Å². The zero-order valence-corrected chi connectivity index (χ0v) is 13.2. The molecule has 1 aromatic rings. The predicted molar refractivity (Wildman–Crippen MR) is 82.2 cm³/mol. The van der Waals surface area contributed by atoms with Crippen molar-refractivity contribution in [1.82, 2.24) is 4.90 Å². The second-order valence-corrected chi connectivity index (χ2v) is 5.27. The van der Waals surface area contributed by atoms with Crippen LogP contribution in [-0.2, 0) is 9.59 Å². The summed E-state index contributed by atoms with van der Waals surface area (Å²) >= 11 is 0. The highest BCUT2D eigenvalue weighted by atomic mass is 16.5. The molecule has 0 aromatic heterocycles. The smallest absolute Gasteiger partial charge is 0.323 e. The van der Waals surface area contributed by atoms with Crippen LogP contribution in [0.25, 0.3) is 0 Å². The summed E-state index contributed by atoms with van der Waals surface area (Å²) < 4.78 is 11.0. The number of aliphatic carboxylic acids is 1. The lowest BCUT2D eigenvalue weighted by atomic mass is 10.2. The summed E-state index contributed by atoms with van der Waals surface area (Å²) in [4.78, 5) is 23.8. The van der Waals surface area contributed by atoms with Gasteiger partial charge in [0.05, 0.1) is 6.61 Å². The van der Waals surface area contributed by atoms with Crippen LogP contribution in [0.15, 0.2) is 24.3 Å². The number of carbonyl (C=O) groups is 2. The van der Waals surface area contributed by atoms with Gasteiger partial charge in [0.25, 0.3) is 5.91 Å². The van der Waals surface area contributed by atoms with Crippen LogP contribution in [0.4, 0.5) is 0 Å². The van der Waals surface area contributed by atoms with Gasteiger partial charge in [-0.05, 0) is 25.0 Å². The van der Waals surface area contributed by atoms with E-state index in [0.717, 1.165) is 0 Å². The highest BCUT2D eigenvalue weighted by molar-refractivity contribution is 5.82. The number of amides is 1. The molecule has 1 N–H and O–H groups in total. The Morgan fingerprint density at radius 3 is 2.41 bits per heavy atom. The van der Waals surface area contributed by atoms with Crippen LogP contribution in [0.5, 0.6) is 11.5 Å². The van der Waals surface area contributed by atoms with E-state index in [4.69, 9.17) is 14.6 Å². The average molecular weight is 309 g/mol. The Morgan fingerprint density at radius 2 is 1.86 bits per heavy atom. The highest BCUT2D eigenvalue weighted by Gasteiger charge is 2.15. The Hall–Kier alpha value is -2.24. The van der Waals surface area contributed by atoms with Crippen LogP contribution in [0.1, 0.15) is 20.8 Å². The number of benzene rings is 1. The van der Waals surface area contributed by atoms with E-state index in [0.29, 0.717) is 30.6 Å². The van der Waals surface area contributed by atoms with E-state index < -0.39 is 5.97 Å². The van der Waals surface area contributed by atoms with Crippen molar-refractivity contribution in [2.24, 2.45) is 5.92 Å². The van der Waals surface area contributed by atoms with E-state index in [9.17, 15) is 9.59 Å². The van der Waals surface area contributed by atoms with Crippen molar-refractivity contribution in [3.8, 4) is 11.5 Å². The molecule has 0 fully saturated rings. The number of likely N-dealkylation sites (N-methyl/N-ethyl adjacent to an activating group) is 1. The molecule has 22 heavy (non-hydrogen) atoms. The Balaban J connectivity index is 2.54. The van der Waals surface area contributed by atoms with E-state index in [1.54, 1.807) is 25.1 Å². The molecule has 0 saturated heterocycles. The molecular formula is C16H23NO5. The van der Waals surface area contributed by atoms with Gasteiger partial charge in [0.1, 0.15) is 18.0 Å². The third-order valence-electron chi connectivity index (χ3n) is 2.81. The van der Waals surface area contributed by atoms with Gasteiger partial charge in [-0.1, -0.05) is 19.9 Å². The molecule has 6 heteroatoms. The maximum absolute atomic E-state index is 11.9. The molecule has 0 radical (unpaired) electrons. The van der Waals surface area contributed by atoms with Gasteiger partial charge in [0.15, 0.2) is 6.61 Å². The first-order chi connectivity index (χ1) is 10.4. The fourth-order valence-electron chi connectivity index (χ4n) is 1.69. The first-order valence-corrected chi connectivity index (χ1v) is 7.27. The minimum Gasteiger partial charge on any atom is -0.493 e. The quantitative estimate of drug-likeness (QED) is 0.755.